The van der Waals surface area contributed by atoms with Crippen LogP contribution in [0.1, 0.15) is 32.3 Å². The number of amides is 3. The van der Waals surface area contributed by atoms with E-state index in [0.717, 1.165) is 38.0 Å². The molecule has 2 saturated heterocycles. The summed E-state index contributed by atoms with van der Waals surface area (Å²) in [5, 5.41) is 12.1. The molecular formula is C26H39ClN8O4. The Bertz CT molecular complexity index is 1200. The van der Waals surface area contributed by atoms with Gasteiger partial charge >= 0.3 is 11.7 Å². The molecule has 0 saturated carbocycles. The topological polar surface area (TPSA) is 163 Å². The van der Waals surface area contributed by atoms with E-state index in [1.54, 1.807) is 22.1 Å². The summed E-state index contributed by atoms with van der Waals surface area (Å²) in [6.07, 6.45) is 3.60. The van der Waals surface area contributed by atoms with Crippen LogP contribution in [0.4, 0.5) is 10.6 Å². The highest BCUT2D eigenvalue weighted by molar-refractivity contribution is 5.89. The van der Waals surface area contributed by atoms with E-state index >= 15 is 0 Å². The second-order valence-electron chi connectivity index (χ2n) is 10.5. The molecule has 0 spiro atoms. The molecule has 0 bridgehead atoms. The summed E-state index contributed by atoms with van der Waals surface area (Å²) in [5.74, 6) is -0.210. The maximum Gasteiger partial charge on any atom is 0.354 e. The lowest BCUT2D eigenvalue weighted by molar-refractivity contribution is -0.140. The highest BCUT2D eigenvalue weighted by Crippen LogP contribution is 2.17. The number of nitrogens with zero attached hydrogens (tertiary/aromatic N) is 5. The minimum absolute atomic E-state index is 0. The second-order valence-corrected chi connectivity index (χ2v) is 10.5. The Kier molecular flexibility index (Phi) is 10.1. The van der Waals surface area contributed by atoms with Gasteiger partial charge in [0.1, 0.15) is 11.4 Å². The monoisotopic (exact) mass is 562 g/mol. The van der Waals surface area contributed by atoms with Crippen LogP contribution in [0.15, 0.2) is 41.3 Å². The first kappa shape index (κ1) is 30.5. The highest BCUT2D eigenvalue weighted by Gasteiger charge is 2.37. The molecule has 13 heteroatoms. The molecule has 0 aliphatic carbocycles. The second kappa shape index (κ2) is 12.9. The van der Waals surface area contributed by atoms with Gasteiger partial charge in [-0.15, -0.1) is 12.4 Å². The maximum atomic E-state index is 12.9. The van der Waals surface area contributed by atoms with E-state index in [9.17, 15) is 19.5 Å². The van der Waals surface area contributed by atoms with Crippen molar-refractivity contribution in [3.8, 4) is 5.69 Å². The first-order valence-electron chi connectivity index (χ1n) is 13.0. The third kappa shape index (κ3) is 7.34. The van der Waals surface area contributed by atoms with E-state index in [1.807, 2.05) is 31.2 Å². The number of hydrogen-bond acceptors (Lipinski definition) is 8. The van der Waals surface area contributed by atoms with Crippen molar-refractivity contribution in [1.29, 1.82) is 0 Å². The number of aliphatic hydroxyl groups is 1. The molecule has 2 unspecified atom stereocenters. The van der Waals surface area contributed by atoms with Crippen molar-refractivity contribution in [1.82, 2.24) is 24.3 Å². The molecular weight excluding hydrogens is 524 g/mol. The van der Waals surface area contributed by atoms with Gasteiger partial charge in [-0.05, 0) is 63.5 Å². The average Bonchev–Trinajstić information content (AvgIpc) is 2.90. The molecule has 2 atom stereocenters. The van der Waals surface area contributed by atoms with Gasteiger partial charge in [-0.1, -0.05) is 12.1 Å². The molecule has 2 aliphatic rings. The minimum atomic E-state index is -1.36. The number of rotatable bonds is 6. The van der Waals surface area contributed by atoms with Crippen molar-refractivity contribution in [3.63, 3.8) is 0 Å². The Morgan fingerprint density at radius 2 is 1.79 bits per heavy atom. The van der Waals surface area contributed by atoms with E-state index in [-0.39, 0.29) is 43.3 Å². The number of carbonyl (C=O) groups is 2. The number of urea groups is 1. The fraction of sp³-hybridized carbons (Fsp3) is 0.538. The van der Waals surface area contributed by atoms with Crippen LogP contribution in [0.2, 0.25) is 0 Å². The normalized spacial score (nSPS) is 20.2. The predicted octanol–water partition coefficient (Wildman–Crippen LogP) is 0.352. The third-order valence-electron chi connectivity index (χ3n) is 7.28. The van der Waals surface area contributed by atoms with Gasteiger partial charge in [-0.25, -0.2) is 9.59 Å². The molecule has 214 valence electrons. The molecule has 2 aromatic rings. The number of likely N-dealkylation sites (tertiary alicyclic amines) is 1. The van der Waals surface area contributed by atoms with Crippen LogP contribution < -0.4 is 22.5 Å². The number of hydrogen-bond donors (Lipinski definition) is 4. The van der Waals surface area contributed by atoms with Gasteiger partial charge in [0.2, 0.25) is 5.91 Å². The van der Waals surface area contributed by atoms with Crippen LogP contribution in [-0.2, 0) is 11.3 Å². The van der Waals surface area contributed by atoms with Crippen LogP contribution >= 0.6 is 12.4 Å². The lowest BCUT2D eigenvalue weighted by Gasteiger charge is -2.41. The summed E-state index contributed by atoms with van der Waals surface area (Å²) in [6.45, 7) is 6.53. The number of carbonyl (C=O) groups excluding carboxylic acids is 2. The Hall–Kier alpha value is -3.03. The van der Waals surface area contributed by atoms with Gasteiger partial charge < -0.3 is 26.4 Å². The highest BCUT2D eigenvalue weighted by atomic mass is 35.5. The van der Waals surface area contributed by atoms with Crippen molar-refractivity contribution < 1.29 is 14.7 Å². The smallest absolute Gasteiger partial charge is 0.354 e. The van der Waals surface area contributed by atoms with Crippen LogP contribution in [0.5, 0.6) is 0 Å². The van der Waals surface area contributed by atoms with Crippen LogP contribution in [0, 0.1) is 0 Å². The summed E-state index contributed by atoms with van der Waals surface area (Å²) in [5.41, 5.74) is 11.8. The van der Waals surface area contributed by atoms with Crippen LogP contribution in [0.3, 0.4) is 0 Å². The summed E-state index contributed by atoms with van der Waals surface area (Å²) < 4.78 is 1.43. The summed E-state index contributed by atoms with van der Waals surface area (Å²) in [7, 11) is 0. The number of piperazine rings is 1. The summed E-state index contributed by atoms with van der Waals surface area (Å²) in [6, 6.07) is 8.96. The lowest BCUT2D eigenvalue weighted by atomic mass is 10.0. The Balaban J connectivity index is 0.00000420. The van der Waals surface area contributed by atoms with Gasteiger partial charge in [0.25, 0.3) is 0 Å². The van der Waals surface area contributed by atoms with Gasteiger partial charge in [0.05, 0.1) is 12.3 Å². The van der Waals surface area contributed by atoms with E-state index in [4.69, 9.17) is 11.5 Å². The molecule has 3 amide bonds. The molecule has 12 nitrogen and oxygen atoms in total. The first-order valence-corrected chi connectivity index (χ1v) is 13.0. The molecule has 1 aromatic carbocycles. The molecule has 2 fully saturated rings. The Labute approximate surface area is 234 Å². The van der Waals surface area contributed by atoms with Crippen molar-refractivity contribution >= 4 is 30.2 Å². The molecule has 6 N–H and O–H groups in total. The van der Waals surface area contributed by atoms with Crippen LogP contribution in [0.25, 0.3) is 5.69 Å². The van der Waals surface area contributed by atoms with Gasteiger partial charge in [-0.2, -0.15) is 4.98 Å². The Morgan fingerprint density at radius 3 is 2.38 bits per heavy atom. The molecule has 0 radical (unpaired) electrons. The predicted molar refractivity (Wildman–Crippen MR) is 151 cm³/mol. The Morgan fingerprint density at radius 1 is 1.13 bits per heavy atom. The molecule has 1 aromatic heterocycles. The third-order valence-corrected chi connectivity index (χ3v) is 7.28. The number of nitrogens with two attached hydrogens (primary N) is 2. The van der Waals surface area contributed by atoms with Gasteiger partial charge in [0, 0.05) is 44.5 Å². The minimum Gasteiger partial charge on any atom is -0.394 e. The van der Waals surface area contributed by atoms with E-state index in [0.29, 0.717) is 18.3 Å². The standard InChI is InChI=1S/C26H38N8O4.ClH/c1-18-15-32(23(36)26(2,28)17-35)13-14-33(18)24(37)29-22-9-12-34(25(38)30-22)21-5-3-19(4-6-21)16-31-10-7-20(27)8-11-31;/h3-6,9,12,18,20,35H,7-8,10-11,13-17,27-28H2,1-2H3,(H,29,30,37,38);1H. The van der Waals surface area contributed by atoms with Crippen LogP contribution in [-0.4, -0.2) is 98.2 Å². The number of aromatic nitrogens is 2. The SMILES string of the molecule is CC1CN(C(=O)C(C)(N)CO)CCN1C(=O)Nc1ccn(-c2ccc(CN3CCC(N)CC3)cc2)c(=O)n1.Cl. The van der Waals surface area contributed by atoms with E-state index in [2.05, 4.69) is 15.2 Å². The zero-order valence-electron chi connectivity index (χ0n) is 22.5. The largest absolute Gasteiger partial charge is 0.394 e. The van der Waals surface area contributed by atoms with Gasteiger partial charge in [0.15, 0.2) is 0 Å². The molecule has 4 rings (SSSR count). The maximum absolute atomic E-state index is 12.9. The van der Waals surface area contributed by atoms with Gasteiger partial charge in [-0.3, -0.25) is 19.6 Å². The lowest BCUT2D eigenvalue weighted by Crippen LogP contribution is -2.62. The van der Waals surface area contributed by atoms with Crippen molar-refractivity contribution in [2.45, 2.75) is 50.9 Å². The number of anilines is 1. The van der Waals surface area contributed by atoms with Crippen molar-refractivity contribution in [2.75, 3.05) is 44.6 Å². The number of benzene rings is 1. The fourth-order valence-corrected chi connectivity index (χ4v) is 4.85. The molecule has 39 heavy (non-hydrogen) atoms. The first-order chi connectivity index (χ1) is 18.1. The zero-order valence-corrected chi connectivity index (χ0v) is 23.3. The number of piperidine rings is 1. The summed E-state index contributed by atoms with van der Waals surface area (Å²) in [4.78, 5) is 47.7. The quantitative estimate of drug-likeness (QED) is 0.392. The summed E-state index contributed by atoms with van der Waals surface area (Å²) >= 11 is 0. The van der Waals surface area contributed by atoms with E-state index < -0.39 is 23.9 Å². The average molecular weight is 563 g/mol. The number of nitrogens with one attached hydrogen (secondary N) is 1. The van der Waals surface area contributed by atoms with Crippen molar-refractivity contribution in [3.05, 3.63) is 52.6 Å². The number of halogens is 1. The zero-order chi connectivity index (χ0) is 27.4. The van der Waals surface area contributed by atoms with E-state index in [1.165, 1.54) is 11.5 Å². The fourth-order valence-electron chi connectivity index (χ4n) is 4.85. The molecule has 3 heterocycles. The van der Waals surface area contributed by atoms with Crippen molar-refractivity contribution in [2.24, 2.45) is 11.5 Å². The molecule has 2 aliphatic heterocycles. The number of aliphatic hydroxyl groups excluding tert-OH is 1.